The number of nitrogens with one attached hydrogen (secondary N) is 2. The fourth-order valence-corrected chi connectivity index (χ4v) is 5.74. The highest BCUT2D eigenvalue weighted by atomic mass is 35.5. The second-order valence-electron chi connectivity index (χ2n) is 7.55. The molecule has 2 heterocycles. The van der Waals surface area contributed by atoms with Gasteiger partial charge in [-0.1, -0.05) is 17.7 Å². The summed E-state index contributed by atoms with van der Waals surface area (Å²) in [5.41, 5.74) is 1.63. The molecule has 11 heteroatoms. The Kier molecular flexibility index (Phi) is 7.25. The molecule has 8 nitrogen and oxygen atoms in total. The van der Waals surface area contributed by atoms with Crippen molar-refractivity contribution in [3.05, 3.63) is 40.9 Å². The molecule has 1 aliphatic heterocycles. The maximum Gasteiger partial charge on any atom is 0.322 e. The fourth-order valence-electron chi connectivity index (χ4n) is 3.20. The molecule has 0 unspecified atom stereocenters. The molecule has 1 aromatic carbocycles. The smallest absolute Gasteiger partial charge is 0.322 e. The first-order valence-corrected chi connectivity index (χ1v) is 12.4. The Morgan fingerprint density at radius 3 is 2.45 bits per heavy atom. The zero-order chi connectivity index (χ0) is 22.8. The van der Waals surface area contributed by atoms with Crippen LogP contribution in [-0.2, 0) is 14.8 Å². The first-order chi connectivity index (χ1) is 14.6. The lowest BCUT2D eigenvalue weighted by molar-refractivity contribution is -0.121. The molecule has 1 fully saturated rings. The van der Waals surface area contributed by atoms with Crippen LogP contribution in [0.25, 0.3) is 0 Å². The van der Waals surface area contributed by atoms with Gasteiger partial charge in [-0.3, -0.25) is 10.1 Å². The summed E-state index contributed by atoms with van der Waals surface area (Å²) in [6, 6.07) is 8.10. The number of benzene rings is 1. The highest BCUT2D eigenvalue weighted by Gasteiger charge is 2.28. The summed E-state index contributed by atoms with van der Waals surface area (Å²) in [7, 11) is -0.612. The van der Waals surface area contributed by atoms with Gasteiger partial charge in [-0.05, 0) is 49.6 Å². The lowest BCUT2D eigenvalue weighted by Crippen LogP contribution is -2.43. The van der Waals surface area contributed by atoms with E-state index in [1.54, 1.807) is 23.1 Å². The van der Waals surface area contributed by atoms with E-state index in [4.69, 9.17) is 11.6 Å². The van der Waals surface area contributed by atoms with Crippen LogP contribution in [0.2, 0.25) is 5.02 Å². The molecule has 3 rings (SSSR count). The zero-order valence-electron chi connectivity index (χ0n) is 17.5. The van der Waals surface area contributed by atoms with Gasteiger partial charge in [0.05, 0.1) is 5.00 Å². The van der Waals surface area contributed by atoms with Gasteiger partial charge in [-0.15, -0.1) is 11.3 Å². The third-order valence-corrected chi connectivity index (χ3v) is 8.68. The van der Waals surface area contributed by atoms with Crippen LogP contribution in [0, 0.1) is 12.8 Å². The molecule has 2 aromatic rings. The molecular weight excluding hydrogens is 460 g/mol. The van der Waals surface area contributed by atoms with E-state index < -0.39 is 10.0 Å². The largest absolute Gasteiger partial charge is 0.326 e. The molecule has 168 valence electrons. The molecule has 0 saturated carbocycles. The molecule has 31 heavy (non-hydrogen) atoms. The van der Waals surface area contributed by atoms with E-state index in [-0.39, 0.29) is 22.1 Å². The number of carbonyl (C=O) groups is 2. The topological polar surface area (TPSA) is 98.8 Å². The summed E-state index contributed by atoms with van der Waals surface area (Å²) >= 11 is 7.02. The quantitative estimate of drug-likeness (QED) is 0.673. The van der Waals surface area contributed by atoms with Crippen molar-refractivity contribution in [1.82, 2.24) is 9.21 Å². The van der Waals surface area contributed by atoms with Crippen molar-refractivity contribution in [2.45, 2.75) is 24.0 Å². The van der Waals surface area contributed by atoms with Gasteiger partial charge in [0.1, 0.15) is 4.21 Å². The Balaban J connectivity index is 1.53. The molecule has 0 radical (unpaired) electrons. The van der Waals surface area contributed by atoms with Crippen LogP contribution in [0.15, 0.2) is 34.5 Å². The van der Waals surface area contributed by atoms with Gasteiger partial charge in [-0.25, -0.2) is 17.5 Å². The lowest BCUT2D eigenvalue weighted by atomic mass is 9.96. The number of hydrogen-bond acceptors (Lipinski definition) is 5. The number of piperidine rings is 1. The van der Waals surface area contributed by atoms with Gasteiger partial charge in [-0.2, -0.15) is 0 Å². The Labute approximate surface area is 191 Å². The van der Waals surface area contributed by atoms with Crippen LogP contribution in [0.3, 0.4) is 0 Å². The molecule has 1 saturated heterocycles. The third-order valence-electron chi connectivity index (χ3n) is 5.16. The summed E-state index contributed by atoms with van der Waals surface area (Å²) in [6.07, 6.45) is 1.09. The maximum absolute atomic E-state index is 12.6. The first-order valence-electron chi connectivity index (χ1n) is 9.73. The maximum atomic E-state index is 12.6. The average molecular weight is 485 g/mol. The van der Waals surface area contributed by atoms with E-state index in [0.29, 0.717) is 41.6 Å². The summed E-state index contributed by atoms with van der Waals surface area (Å²) in [5.74, 6) is -0.275. The Hall–Kier alpha value is -2.14. The van der Waals surface area contributed by atoms with Gasteiger partial charge >= 0.3 is 6.03 Å². The van der Waals surface area contributed by atoms with Gasteiger partial charge in [0.25, 0.3) is 10.0 Å². The van der Waals surface area contributed by atoms with Gasteiger partial charge < -0.3 is 10.2 Å². The molecule has 0 bridgehead atoms. The van der Waals surface area contributed by atoms with Crippen LogP contribution in [0.4, 0.5) is 15.5 Å². The number of thiophene rings is 1. The normalized spacial score (nSPS) is 15.2. The van der Waals surface area contributed by atoms with Crippen LogP contribution in [0.1, 0.15) is 18.4 Å². The van der Waals surface area contributed by atoms with Gasteiger partial charge in [0.2, 0.25) is 5.91 Å². The summed E-state index contributed by atoms with van der Waals surface area (Å²) < 4.78 is 25.6. The van der Waals surface area contributed by atoms with E-state index in [0.717, 1.165) is 21.2 Å². The molecule has 3 amide bonds. The molecule has 0 atom stereocenters. The number of hydrogen-bond donors (Lipinski definition) is 2. The number of halogens is 1. The van der Waals surface area contributed by atoms with Crippen LogP contribution >= 0.6 is 22.9 Å². The number of aryl methyl sites for hydroxylation is 1. The van der Waals surface area contributed by atoms with Crippen molar-refractivity contribution in [2.24, 2.45) is 5.92 Å². The predicted octanol–water partition coefficient (Wildman–Crippen LogP) is 3.84. The monoisotopic (exact) mass is 484 g/mol. The van der Waals surface area contributed by atoms with E-state index in [1.807, 2.05) is 13.0 Å². The predicted molar refractivity (Wildman–Crippen MR) is 123 cm³/mol. The molecular formula is C20H25ClN4O4S2. The van der Waals surface area contributed by atoms with Gasteiger partial charge in [0.15, 0.2) is 0 Å². The molecule has 2 N–H and O–H groups in total. The van der Waals surface area contributed by atoms with Gasteiger partial charge in [0, 0.05) is 43.8 Å². The summed E-state index contributed by atoms with van der Waals surface area (Å²) in [4.78, 5) is 26.8. The van der Waals surface area contributed by atoms with Crippen LogP contribution in [-0.4, -0.2) is 56.7 Å². The minimum absolute atomic E-state index is 0.0813. The summed E-state index contributed by atoms with van der Waals surface area (Å²) in [6.45, 7) is 2.78. The van der Waals surface area contributed by atoms with Crippen molar-refractivity contribution in [1.29, 1.82) is 0 Å². The molecule has 1 aliphatic rings. The zero-order valence-corrected chi connectivity index (χ0v) is 19.9. The lowest BCUT2D eigenvalue weighted by Gasteiger charge is -2.31. The number of carbonyl (C=O) groups excluding carboxylic acids is 2. The van der Waals surface area contributed by atoms with Crippen molar-refractivity contribution in [3.8, 4) is 0 Å². The second kappa shape index (κ2) is 9.56. The SMILES string of the molecule is Cc1ccc(Cl)cc1NC(=O)C1CCN(C(=O)Nc2ccc(S(=O)(=O)N(C)C)s2)CC1. The number of sulfonamides is 1. The Bertz CT molecular complexity index is 1080. The average Bonchev–Trinajstić information content (AvgIpc) is 3.20. The molecule has 0 spiro atoms. The van der Waals surface area contributed by atoms with Crippen molar-refractivity contribution >= 4 is 55.6 Å². The highest BCUT2D eigenvalue weighted by molar-refractivity contribution is 7.91. The van der Waals surface area contributed by atoms with E-state index in [9.17, 15) is 18.0 Å². The van der Waals surface area contributed by atoms with Crippen molar-refractivity contribution < 1.29 is 18.0 Å². The van der Waals surface area contributed by atoms with Crippen molar-refractivity contribution in [3.63, 3.8) is 0 Å². The third kappa shape index (κ3) is 5.57. The Morgan fingerprint density at radius 2 is 1.81 bits per heavy atom. The molecule has 0 aliphatic carbocycles. The summed E-state index contributed by atoms with van der Waals surface area (Å²) in [5, 5.41) is 6.69. The van der Waals surface area contributed by atoms with Crippen LogP contribution < -0.4 is 10.6 Å². The number of anilines is 2. The van der Waals surface area contributed by atoms with Crippen LogP contribution in [0.5, 0.6) is 0 Å². The number of amides is 3. The highest BCUT2D eigenvalue weighted by Crippen LogP contribution is 2.29. The molecule has 1 aromatic heterocycles. The number of likely N-dealkylation sites (tertiary alicyclic amines) is 1. The second-order valence-corrected chi connectivity index (χ2v) is 11.4. The minimum atomic E-state index is -3.53. The Morgan fingerprint density at radius 1 is 1.13 bits per heavy atom. The standard InChI is InChI=1S/C20H25ClN4O4S2/c1-13-4-5-15(21)12-16(13)22-19(26)14-8-10-25(11-9-14)20(27)23-17-6-7-18(30-17)31(28,29)24(2)3/h4-7,12,14H,8-11H2,1-3H3,(H,22,26)(H,23,27). The van der Waals surface area contributed by atoms with E-state index in [1.165, 1.54) is 20.2 Å². The number of rotatable bonds is 5. The van der Waals surface area contributed by atoms with E-state index in [2.05, 4.69) is 10.6 Å². The first kappa shape index (κ1) is 23.5. The number of urea groups is 1. The number of nitrogens with zero attached hydrogens (tertiary/aromatic N) is 2. The van der Waals surface area contributed by atoms with E-state index >= 15 is 0 Å². The fraction of sp³-hybridized carbons (Fsp3) is 0.400. The minimum Gasteiger partial charge on any atom is -0.326 e. The van der Waals surface area contributed by atoms with Crippen molar-refractivity contribution in [2.75, 3.05) is 37.8 Å².